The summed E-state index contributed by atoms with van der Waals surface area (Å²) in [5, 5.41) is 7.58. The van der Waals surface area contributed by atoms with E-state index in [1.807, 2.05) is 23.8 Å². The van der Waals surface area contributed by atoms with Gasteiger partial charge in [0.2, 0.25) is 5.91 Å². The summed E-state index contributed by atoms with van der Waals surface area (Å²) in [7, 11) is 0. The highest BCUT2D eigenvalue weighted by atomic mass is 32.1. The molecule has 0 bridgehead atoms. The normalized spacial score (nSPS) is 15.2. The Bertz CT molecular complexity index is 649. The molecule has 2 aromatic heterocycles. The number of piperazine rings is 1. The zero-order valence-electron chi connectivity index (χ0n) is 10.9. The van der Waals surface area contributed by atoms with Gasteiger partial charge < -0.3 is 10.2 Å². The average molecular weight is 307 g/mol. The first-order chi connectivity index (χ1) is 9.65. The van der Waals surface area contributed by atoms with Gasteiger partial charge in [-0.15, -0.1) is 11.3 Å². The Morgan fingerprint density at radius 1 is 1.50 bits per heavy atom. The molecule has 0 saturated carbocycles. The molecule has 3 heterocycles. The van der Waals surface area contributed by atoms with Gasteiger partial charge in [-0.1, -0.05) is 0 Å². The van der Waals surface area contributed by atoms with E-state index < -0.39 is 0 Å². The van der Waals surface area contributed by atoms with Gasteiger partial charge in [0.25, 0.3) is 5.91 Å². The highest BCUT2D eigenvalue weighted by Gasteiger charge is 2.25. The molecule has 0 radical (unpaired) electrons. The second-order valence-electron chi connectivity index (χ2n) is 4.52. The Morgan fingerprint density at radius 2 is 2.35 bits per heavy atom. The SMILES string of the molecule is Cc1nc(-c2ccsc2)sc1C(=O)N1CCNC(=O)C1. The van der Waals surface area contributed by atoms with E-state index >= 15 is 0 Å². The second-order valence-corrected chi connectivity index (χ2v) is 6.30. The number of rotatable bonds is 2. The van der Waals surface area contributed by atoms with Crippen LogP contribution in [0.15, 0.2) is 16.8 Å². The molecule has 104 valence electrons. The molecule has 1 aliphatic rings. The first kappa shape index (κ1) is 13.3. The van der Waals surface area contributed by atoms with Crippen molar-refractivity contribution in [3.63, 3.8) is 0 Å². The topological polar surface area (TPSA) is 62.3 Å². The molecule has 1 saturated heterocycles. The number of hydrogen-bond acceptors (Lipinski definition) is 5. The number of hydrogen-bond donors (Lipinski definition) is 1. The molecular weight excluding hydrogens is 294 g/mol. The maximum absolute atomic E-state index is 12.5. The summed E-state index contributed by atoms with van der Waals surface area (Å²) in [5.74, 6) is -0.207. The van der Waals surface area contributed by atoms with Crippen molar-refractivity contribution >= 4 is 34.5 Å². The van der Waals surface area contributed by atoms with Gasteiger partial charge in [-0.3, -0.25) is 9.59 Å². The quantitative estimate of drug-likeness (QED) is 0.919. The number of aromatic nitrogens is 1. The molecule has 2 aromatic rings. The number of amides is 2. The third-order valence-electron chi connectivity index (χ3n) is 3.08. The standard InChI is InChI=1S/C13H13N3O2S2/c1-8-11(13(18)16-4-3-14-10(17)6-16)20-12(15-8)9-2-5-19-7-9/h2,5,7H,3-4,6H2,1H3,(H,14,17). The third-order valence-corrected chi connectivity index (χ3v) is 4.96. The summed E-state index contributed by atoms with van der Waals surface area (Å²) in [4.78, 5) is 30.5. The molecule has 1 aliphatic heterocycles. The molecule has 1 N–H and O–H groups in total. The van der Waals surface area contributed by atoms with E-state index in [0.29, 0.717) is 18.0 Å². The Morgan fingerprint density at radius 3 is 3.05 bits per heavy atom. The predicted octanol–water partition coefficient (Wildman–Crippen LogP) is 1.75. The lowest BCUT2D eigenvalue weighted by atomic mass is 10.3. The molecule has 1 fully saturated rings. The second kappa shape index (κ2) is 5.34. The minimum Gasteiger partial charge on any atom is -0.353 e. The van der Waals surface area contributed by atoms with Crippen molar-refractivity contribution in [2.45, 2.75) is 6.92 Å². The van der Waals surface area contributed by atoms with Gasteiger partial charge in [0, 0.05) is 24.0 Å². The first-order valence-electron chi connectivity index (χ1n) is 6.21. The van der Waals surface area contributed by atoms with E-state index in [0.717, 1.165) is 16.3 Å². The van der Waals surface area contributed by atoms with E-state index in [-0.39, 0.29) is 18.4 Å². The molecule has 0 aliphatic carbocycles. The first-order valence-corrected chi connectivity index (χ1v) is 7.97. The summed E-state index contributed by atoms with van der Waals surface area (Å²) >= 11 is 3.00. The van der Waals surface area contributed by atoms with Crippen LogP contribution in [0.25, 0.3) is 10.6 Å². The molecule has 3 rings (SSSR count). The third kappa shape index (κ3) is 2.46. The van der Waals surface area contributed by atoms with Crippen molar-refractivity contribution in [2.24, 2.45) is 0 Å². The molecule has 0 atom stereocenters. The fourth-order valence-electron chi connectivity index (χ4n) is 2.06. The summed E-state index contributed by atoms with van der Waals surface area (Å²) in [6.45, 7) is 3.03. The molecular formula is C13H13N3O2S2. The van der Waals surface area contributed by atoms with Gasteiger partial charge in [-0.25, -0.2) is 4.98 Å². The predicted molar refractivity (Wildman–Crippen MR) is 79.1 cm³/mol. The smallest absolute Gasteiger partial charge is 0.266 e. The molecule has 20 heavy (non-hydrogen) atoms. The fourth-order valence-corrected chi connectivity index (χ4v) is 3.81. The number of carbonyl (C=O) groups is 2. The van der Waals surface area contributed by atoms with Crippen LogP contribution in [-0.4, -0.2) is 41.3 Å². The lowest BCUT2D eigenvalue weighted by Gasteiger charge is -2.26. The number of aryl methyl sites for hydroxylation is 1. The van der Waals surface area contributed by atoms with Gasteiger partial charge >= 0.3 is 0 Å². The van der Waals surface area contributed by atoms with E-state index in [9.17, 15) is 9.59 Å². The van der Waals surface area contributed by atoms with Crippen LogP contribution in [0.2, 0.25) is 0 Å². The zero-order valence-corrected chi connectivity index (χ0v) is 12.5. The molecule has 2 amide bonds. The molecule has 0 unspecified atom stereocenters. The van der Waals surface area contributed by atoms with Crippen molar-refractivity contribution < 1.29 is 9.59 Å². The Labute approximate surface area is 124 Å². The minimum atomic E-state index is -0.107. The lowest BCUT2D eigenvalue weighted by molar-refractivity contribution is -0.123. The van der Waals surface area contributed by atoms with Crippen LogP contribution in [0, 0.1) is 6.92 Å². The summed E-state index contributed by atoms with van der Waals surface area (Å²) in [6, 6.07) is 1.99. The van der Waals surface area contributed by atoms with E-state index in [2.05, 4.69) is 10.3 Å². The largest absolute Gasteiger partial charge is 0.353 e. The van der Waals surface area contributed by atoms with Crippen LogP contribution < -0.4 is 5.32 Å². The Balaban J connectivity index is 1.86. The highest BCUT2D eigenvalue weighted by Crippen LogP contribution is 2.30. The Hall–Kier alpha value is -1.73. The van der Waals surface area contributed by atoms with Crippen LogP contribution in [0.1, 0.15) is 15.4 Å². The highest BCUT2D eigenvalue weighted by molar-refractivity contribution is 7.17. The summed E-state index contributed by atoms with van der Waals surface area (Å²) in [6.07, 6.45) is 0. The van der Waals surface area contributed by atoms with Crippen molar-refractivity contribution in [3.05, 3.63) is 27.4 Å². The summed E-state index contributed by atoms with van der Waals surface area (Å²) < 4.78 is 0. The monoisotopic (exact) mass is 307 g/mol. The van der Waals surface area contributed by atoms with Crippen molar-refractivity contribution in [2.75, 3.05) is 19.6 Å². The molecule has 0 spiro atoms. The van der Waals surface area contributed by atoms with Crippen molar-refractivity contribution in [3.8, 4) is 10.6 Å². The average Bonchev–Trinajstić information content (AvgIpc) is 3.07. The van der Waals surface area contributed by atoms with E-state index in [1.54, 1.807) is 16.2 Å². The maximum atomic E-state index is 12.5. The van der Waals surface area contributed by atoms with Gasteiger partial charge in [0.15, 0.2) is 0 Å². The van der Waals surface area contributed by atoms with Gasteiger partial charge in [-0.2, -0.15) is 11.3 Å². The molecule has 5 nitrogen and oxygen atoms in total. The van der Waals surface area contributed by atoms with Crippen LogP contribution in [-0.2, 0) is 4.79 Å². The van der Waals surface area contributed by atoms with Gasteiger partial charge in [-0.05, 0) is 18.4 Å². The molecule has 0 aromatic carbocycles. The number of nitrogens with one attached hydrogen (secondary N) is 1. The minimum absolute atomic E-state index is 0.101. The Kier molecular flexibility index (Phi) is 3.54. The van der Waals surface area contributed by atoms with Crippen molar-refractivity contribution in [1.29, 1.82) is 0 Å². The number of thiophene rings is 1. The summed E-state index contributed by atoms with van der Waals surface area (Å²) in [5.41, 5.74) is 1.77. The van der Waals surface area contributed by atoms with Gasteiger partial charge in [0.1, 0.15) is 9.88 Å². The maximum Gasteiger partial charge on any atom is 0.266 e. The van der Waals surface area contributed by atoms with Crippen LogP contribution >= 0.6 is 22.7 Å². The van der Waals surface area contributed by atoms with E-state index in [4.69, 9.17) is 0 Å². The number of thiazole rings is 1. The van der Waals surface area contributed by atoms with Gasteiger partial charge in [0.05, 0.1) is 12.2 Å². The number of nitrogens with zero attached hydrogens (tertiary/aromatic N) is 2. The lowest BCUT2D eigenvalue weighted by Crippen LogP contribution is -2.49. The van der Waals surface area contributed by atoms with E-state index in [1.165, 1.54) is 11.3 Å². The van der Waals surface area contributed by atoms with Crippen LogP contribution in [0.3, 0.4) is 0 Å². The number of carbonyl (C=O) groups excluding carboxylic acids is 2. The fraction of sp³-hybridized carbons (Fsp3) is 0.308. The van der Waals surface area contributed by atoms with Crippen LogP contribution in [0.4, 0.5) is 0 Å². The van der Waals surface area contributed by atoms with Crippen molar-refractivity contribution in [1.82, 2.24) is 15.2 Å². The molecule has 7 heteroatoms. The zero-order chi connectivity index (χ0) is 14.1. The van der Waals surface area contributed by atoms with Crippen LogP contribution in [0.5, 0.6) is 0 Å².